The fraction of sp³-hybridized carbons (Fsp3) is 0.667. The van der Waals surface area contributed by atoms with Crippen LogP contribution >= 0.6 is 0 Å². The Bertz CT molecular complexity index is 590. The smallest absolute Gasteiger partial charge is 0.306 e. The number of nitrogens with zero attached hydrogens (tertiary/aromatic N) is 4. The summed E-state index contributed by atoms with van der Waals surface area (Å²) in [6, 6.07) is 1.50. The first-order valence-corrected chi connectivity index (χ1v) is 8.16. The van der Waals surface area contributed by atoms with Crippen LogP contribution in [-0.2, 0) is 26.6 Å². The Balaban J connectivity index is 1.92. The van der Waals surface area contributed by atoms with E-state index in [2.05, 4.69) is 14.7 Å². The highest BCUT2D eigenvalue weighted by Crippen LogP contribution is 2.16. The number of aryl methyl sites for hydroxylation is 1. The molecule has 8 nitrogen and oxygen atoms in total. The third-order valence-corrected chi connectivity index (χ3v) is 5.55. The molecule has 9 heteroatoms. The van der Waals surface area contributed by atoms with Crippen molar-refractivity contribution < 1.29 is 17.9 Å². The first kappa shape index (κ1) is 15.9. The Morgan fingerprint density at radius 2 is 2.00 bits per heavy atom. The Kier molecular flexibility index (Phi) is 4.96. The maximum absolute atomic E-state index is 12.5. The lowest BCUT2D eigenvalue weighted by Crippen LogP contribution is -2.49. The van der Waals surface area contributed by atoms with Crippen LogP contribution in [0.2, 0.25) is 0 Å². The quantitative estimate of drug-likeness (QED) is 0.667. The monoisotopic (exact) mass is 316 g/mol. The van der Waals surface area contributed by atoms with E-state index in [1.807, 2.05) is 0 Å². The van der Waals surface area contributed by atoms with Gasteiger partial charge in [0.1, 0.15) is 0 Å². The molecule has 1 fully saturated rings. The van der Waals surface area contributed by atoms with Crippen LogP contribution < -0.4 is 0 Å². The summed E-state index contributed by atoms with van der Waals surface area (Å²) >= 11 is 0. The van der Waals surface area contributed by atoms with Crippen LogP contribution in [0.3, 0.4) is 0 Å². The summed E-state index contributed by atoms with van der Waals surface area (Å²) in [7, 11) is -0.521. The van der Waals surface area contributed by atoms with Crippen molar-refractivity contribution in [1.29, 1.82) is 0 Å². The number of carbonyl (C=O) groups excluding carboxylic acids is 1. The van der Waals surface area contributed by atoms with Crippen LogP contribution in [0.5, 0.6) is 0 Å². The van der Waals surface area contributed by atoms with E-state index in [1.165, 1.54) is 28.4 Å². The average Bonchev–Trinajstić information content (AvgIpc) is 2.92. The molecular formula is C12H20N4O4S. The van der Waals surface area contributed by atoms with Crippen molar-refractivity contribution in [2.24, 2.45) is 7.05 Å². The number of esters is 1. The summed E-state index contributed by atoms with van der Waals surface area (Å²) in [5, 5.41) is 4.10. The summed E-state index contributed by atoms with van der Waals surface area (Å²) in [5.74, 6) is -0.250. The highest BCUT2D eigenvalue weighted by Gasteiger charge is 2.30. The third-order valence-electron chi connectivity index (χ3n) is 3.57. The Morgan fingerprint density at radius 1 is 1.33 bits per heavy atom. The van der Waals surface area contributed by atoms with Gasteiger partial charge in [0, 0.05) is 39.8 Å². The molecule has 2 heterocycles. The van der Waals surface area contributed by atoms with E-state index in [0.717, 1.165) is 0 Å². The molecule has 1 aromatic rings. The van der Waals surface area contributed by atoms with Crippen LogP contribution in [0.1, 0.15) is 6.42 Å². The van der Waals surface area contributed by atoms with Crippen molar-refractivity contribution in [2.75, 3.05) is 39.8 Å². The van der Waals surface area contributed by atoms with Crippen LogP contribution in [0, 0.1) is 0 Å². The molecule has 0 aliphatic carbocycles. The highest BCUT2D eigenvalue weighted by atomic mass is 32.2. The van der Waals surface area contributed by atoms with Crippen LogP contribution in [-0.4, -0.2) is 73.2 Å². The van der Waals surface area contributed by atoms with Crippen LogP contribution in [0.4, 0.5) is 0 Å². The minimum absolute atomic E-state index is 0.200. The molecule has 0 spiro atoms. The summed E-state index contributed by atoms with van der Waals surface area (Å²) in [5.41, 5.74) is 0. The van der Waals surface area contributed by atoms with Gasteiger partial charge in [0.05, 0.1) is 19.7 Å². The Morgan fingerprint density at radius 3 is 2.52 bits per heavy atom. The first-order chi connectivity index (χ1) is 9.95. The van der Waals surface area contributed by atoms with Crippen LogP contribution in [0.15, 0.2) is 17.3 Å². The fourth-order valence-electron chi connectivity index (χ4n) is 2.29. The van der Waals surface area contributed by atoms with E-state index in [9.17, 15) is 13.2 Å². The van der Waals surface area contributed by atoms with Crippen molar-refractivity contribution in [2.45, 2.75) is 11.4 Å². The predicted octanol–water partition coefficient (Wildman–Crippen LogP) is -0.710. The van der Waals surface area contributed by atoms with Gasteiger partial charge in [-0.25, -0.2) is 8.42 Å². The van der Waals surface area contributed by atoms with E-state index in [-0.39, 0.29) is 11.0 Å². The number of methoxy groups -OCH3 is 1. The summed E-state index contributed by atoms with van der Waals surface area (Å²) < 4.78 is 32.3. The van der Waals surface area contributed by atoms with E-state index < -0.39 is 10.0 Å². The Hall–Kier alpha value is -1.45. The largest absolute Gasteiger partial charge is 0.469 e. The van der Waals surface area contributed by atoms with Crippen molar-refractivity contribution in [3.8, 4) is 0 Å². The lowest BCUT2D eigenvalue weighted by atomic mass is 10.3. The molecule has 0 aromatic carbocycles. The number of hydrogen-bond donors (Lipinski definition) is 0. The van der Waals surface area contributed by atoms with Gasteiger partial charge in [-0.2, -0.15) is 9.40 Å². The van der Waals surface area contributed by atoms with Crippen molar-refractivity contribution in [1.82, 2.24) is 19.0 Å². The molecular weight excluding hydrogens is 296 g/mol. The summed E-state index contributed by atoms with van der Waals surface area (Å²) in [6.45, 7) is 2.62. The molecule has 0 atom stereocenters. The van der Waals surface area contributed by atoms with Gasteiger partial charge < -0.3 is 9.64 Å². The number of rotatable bonds is 5. The summed E-state index contributed by atoms with van der Waals surface area (Å²) in [6.07, 6.45) is 1.80. The lowest BCUT2D eigenvalue weighted by molar-refractivity contribution is -0.141. The second-order valence-corrected chi connectivity index (χ2v) is 6.75. The zero-order valence-corrected chi connectivity index (χ0v) is 13.0. The van der Waals surface area contributed by atoms with Gasteiger partial charge in [0.2, 0.25) is 0 Å². The van der Waals surface area contributed by atoms with E-state index >= 15 is 0 Å². The van der Waals surface area contributed by atoms with Gasteiger partial charge in [-0.3, -0.25) is 9.48 Å². The standard InChI is InChI=1S/C12H20N4O4S/c1-14-11(3-5-13-14)21(18,19)16-9-7-15(8-10-16)6-4-12(17)20-2/h3,5H,4,6-10H2,1-2H3. The maximum atomic E-state index is 12.5. The number of sulfonamides is 1. The Labute approximate surface area is 124 Å². The molecule has 0 bridgehead atoms. The van der Waals surface area contributed by atoms with Gasteiger partial charge in [-0.15, -0.1) is 0 Å². The summed E-state index contributed by atoms with van der Waals surface area (Å²) in [4.78, 5) is 13.2. The molecule has 21 heavy (non-hydrogen) atoms. The van der Waals surface area contributed by atoms with E-state index in [4.69, 9.17) is 0 Å². The van der Waals surface area contributed by atoms with Gasteiger partial charge in [0.15, 0.2) is 5.03 Å². The fourth-order valence-corrected chi connectivity index (χ4v) is 3.81. The molecule has 1 saturated heterocycles. The SMILES string of the molecule is COC(=O)CCN1CCN(S(=O)(=O)c2ccnn2C)CC1. The molecule has 1 aliphatic rings. The normalized spacial score (nSPS) is 17.8. The van der Waals surface area contributed by atoms with Gasteiger partial charge in [-0.05, 0) is 6.07 Å². The molecule has 0 radical (unpaired) electrons. The van der Waals surface area contributed by atoms with Crippen molar-refractivity contribution in [3.63, 3.8) is 0 Å². The molecule has 0 saturated carbocycles. The molecule has 1 aromatic heterocycles. The highest BCUT2D eigenvalue weighted by molar-refractivity contribution is 7.89. The van der Waals surface area contributed by atoms with Crippen molar-refractivity contribution in [3.05, 3.63) is 12.3 Å². The van der Waals surface area contributed by atoms with E-state index in [1.54, 1.807) is 7.05 Å². The molecule has 0 amide bonds. The zero-order chi connectivity index (χ0) is 15.5. The number of piperazine rings is 1. The molecule has 2 rings (SSSR count). The van der Waals surface area contributed by atoms with E-state index in [0.29, 0.717) is 39.1 Å². The minimum atomic E-state index is -3.49. The van der Waals surface area contributed by atoms with Gasteiger partial charge in [0.25, 0.3) is 10.0 Å². The van der Waals surface area contributed by atoms with Crippen molar-refractivity contribution >= 4 is 16.0 Å². The van der Waals surface area contributed by atoms with Gasteiger partial charge >= 0.3 is 5.97 Å². The molecule has 0 N–H and O–H groups in total. The maximum Gasteiger partial charge on any atom is 0.306 e. The second-order valence-electron chi connectivity index (χ2n) is 4.86. The van der Waals surface area contributed by atoms with Gasteiger partial charge in [-0.1, -0.05) is 0 Å². The number of aromatic nitrogens is 2. The number of carbonyl (C=O) groups is 1. The lowest BCUT2D eigenvalue weighted by Gasteiger charge is -2.33. The molecule has 1 aliphatic heterocycles. The molecule has 0 unspecified atom stereocenters. The second kappa shape index (κ2) is 6.54. The topological polar surface area (TPSA) is 84.7 Å². The first-order valence-electron chi connectivity index (χ1n) is 6.72. The molecule has 118 valence electrons. The number of hydrogen-bond acceptors (Lipinski definition) is 6. The zero-order valence-electron chi connectivity index (χ0n) is 12.2. The third kappa shape index (κ3) is 3.60. The van der Waals surface area contributed by atoms with Crippen LogP contribution in [0.25, 0.3) is 0 Å². The number of ether oxygens (including phenoxy) is 1. The minimum Gasteiger partial charge on any atom is -0.469 e. The average molecular weight is 316 g/mol. The predicted molar refractivity (Wildman–Crippen MR) is 75.0 cm³/mol.